The summed E-state index contributed by atoms with van der Waals surface area (Å²) in [5, 5.41) is 8.80. The second-order valence-electron chi connectivity index (χ2n) is 6.86. The molecule has 0 amide bonds. The Hall–Kier alpha value is -2.33. The van der Waals surface area contributed by atoms with Crippen LogP contribution in [0.3, 0.4) is 0 Å². The molecule has 1 aliphatic heterocycles. The van der Waals surface area contributed by atoms with E-state index in [4.69, 9.17) is 16.7 Å². The van der Waals surface area contributed by atoms with Crippen LogP contribution in [-0.4, -0.2) is 16.3 Å². The van der Waals surface area contributed by atoms with Crippen molar-refractivity contribution in [2.75, 3.05) is 11.9 Å². The molecule has 0 atom stereocenters. The molecule has 4 rings (SSSR count). The van der Waals surface area contributed by atoms with E-state index in [1.165, 1.54) is 23.3 Å². The van der Waals surface area contributed by atoms with Gasteiger partial charge in [-0.05, 0) is 74.6 Å². The van der Waals surface area contributed by atoms with Gasteiger partial charge in [-0.3, -0.25) is 0 Å². The maximum Gasteiger partial charge on any atom is 0.133 e. The summed E-state index contributed by atoms with van der Waals surface area (Å²) in [5.74, 6) is 0.678. The smallest absolute Gasteiger partial charge is 0.133 e. The first kappa shape index (κ1) is 17.1. The van der Waals surface area contributed by atoms with E-state index in [1.54, 1.807) is 6.07 Å². The second kappa shape index (κ2) is 6.76. The average molecular weight is 370 g/mol. The summed E-state index contributed by atoms with van der Waals surface area (Å²) in [5.41, 5.74) is 6.24. The number of anilines is 1. The monoisotopic (exact) mass is 369 g/mol. The standard InChI is InChI=1S/C21H21ClFN3/c1-13-6-8-16(11-14(13)2)26-21-18(5-3-4-10-24-21)20(25-26)17-9-7-15(23)12-19(17)22/h6-9,11-12,24H,3-5,10H2,1-2H3. The Morgan fingerprint density at radius 3 is 2.69 bits per heavy atom. The van der Waals surface area contributed by atoms with Crippen LogP contribution < -0.4 is 5.32 Å². The maximum atomic E-state index is 13.5. The number of aromatic nitrogens is 2. The maximum absolute atomic E-state index is 13.5. The topological polar surface area (TPSA) is 29.9 Å². The zero-order valence-electron chi connectivity index (χ0n) is 14.9. The molecule has 0 bridgehead atoms. The molecule has 0 radical (unpaired) electrons. The van der Waals surface area contributed by atoms with Crippen LogP contribution >= 0.6 is 11.6 Å². The predicted molar refractivity (Wildman–Crippen MR) is 105 cm³/mol. The molecule has 134 valence electrons. The third-order valence-electron chi connectivity index (χ3n) is 5.05. The van der Waals surface area contributed by atoms with Crippen molar-refractivity contribution in [3.8, 4) is 16.9 Å². The van der Waals surface area contributed by atoms with Crippen LogP contribution in [0.5, 0.6) is 0 Å². The molecule has 3 aromatic rings. The fourth-order valence-electron chi connectivity index (χ4n) is 3.44. The molecular formula is C21H21ClFN3. The molecule has 0 saturated carbocycles. The van der Waals surface area contributed by atoms with Crippen molar-refractivity contribution in [1.82, 2.24) is 9.78 Å². The summed E-state index contributed by atoms with van der Waals surface area (Å²) in [6.45, 7) is 5.12. The van der Waals surface area contributed by atoms with Crippen molar-refractivity contribution in [3.05, 3.63) is 63.9 Å². The third kappa shape index (κ3) is 2.99. The van der Waals surface area contributed by atoms with Crippen molar-refractivity contribution in [2.24, 2.45) is 0 Å². The van der Waals surface area contributed by atoms with E-state index in [1.807, 2.05) is 4.68 Å². The Morgan fingerprint density at radius 2 is 1.92 bits per heavy atom. The minimum absolute atomic E-state index is 0.337. The van der Waals surface area contributed by atoms with Gasteiger partial charge in [0.25, 0.3) is 0 Å². The fraction of sp³-hybridized carbons (Fsp3) is 0.286. The van der Waals surface area contributed by atoms with Gasteiger partial charge >= 0.3 is 0 Å². The first-order valence-electron chi connectivity index (χ1n) is 8.93. The summed E-state index contributed by atoms with van der Waals surface area (Å²) in [6.07, 6.45) is 3.12. The first-order chi connectivity index (χ1) is 12.5. The number of rotatable bonds is 2. The van der Waals surface area contributed by atoms with Gasteiger partial charge in [0.1, 0.15) is 11.6 Å². The van der Waals surface area contributed by atoms with E-state index in [-0.39, 0.29) is 5.82 Å². The number of fused-ring (bicyclic) bond motifs is 1. The highest BCUT2D eigenvalue weighted by Gasteiger charge is 2.23. The molecular weight excluding hydrogens is 349 g/mol. The highest BCUT2D eigenvalue weighted by Crippen LogP contribution is 2.37. The first-order valence-corrected chi connectivity index (χ1v) is 9.31. The van der Waals surface area contributed by atoms with E-state index in [0.717, 1.165) is 54.1 Å². The van der Waals surface area contributed by atoms with Crippen molar-refractivity contribution < 1.29 is 4.39 Å². The second-order valence-corrected chi connectivity index (χ2v) is 7.27. The van der Waals surface area contributed by atoms with Crippen molar-refractivity contribution >= 4 is 17.4 Å². The molecule has 1 aromatic heterocycles. The summed E-state index contributed by atoms with van der Waals surface area (Å²) in [6, 6.07) is 10.8. The zero-order valence-corrected chi connectivity index (χ0v) is 15.7. The predicted octanol–water partition coefficient (Wildman–Crippen LogP) is 5.70. The Labute approximate surface area is 157 Å². The van der Waals surface area contributed by atoms with E-state index in [2.05, 4.69) is 37.4 Å². The normalized spacial score (nSPS) is 13.8. The van der Waals surface area contributed by atoms with Gasteiger partial charge in [0.2, 0.25) is 0 Å². The zero-order chi connectivity index (χ0) is 18.3. The van der Waals surface area contributed by atoms with E-state index in [0.29, 0.717) is 5.02 Å². The SMILES string of the molecule is Cc1ccc(-n2nc(-c3ccc(F)cc3Cl)c3c2NCCCC3)cc1C. The average Bonchev–Trinajstić information content (AvgIpc) is 2.79. The van der Waals surface area contributed by atoms with E-state index in [9.17, 15) is 4.39 Å². The molecule has 0 unspecified atom stereocenters. The van der Waals surface area contributed by atoms with Gasteiger partial charge in [-0.1, -0.05) is 17.7 Å². The van der Waals surface area contributed by atoms with Crippen molar-refractivity contribution in [1.29, 1.82) is 0 Å². The molecule has 0 aliphatic carbocycles. The molecule has 2 aromatic carbocycles. The third-order valence-corrected chi connectivity index (χ3v) is 5.36. The number of nitrogens with one attached hydrogen (secondary N) is 1. The van der Waals surface area contributed by atoms with Crippen LogP contribution in [0.2, 0.25) is 5.02 Å². The molecule has 1 aliphatic rings. The van der Waals surface area contributed by atoms with Crippen LogP contribution in [-0.2, 0) is 6.42 Å². The molecule has 0 fully saturated rings. The van der Waals surface area contributed by atoms with Gasteiger partial charge in [0, 0.05) is 17.7 Å². The summed E-state index contributed by atoms with van der Waals surface area (Å²) >= 11 is 6.34. The highest BCUT2D eigenvalue weighted by molar-refractivity contribution is 6.33. The summed E-state index contributed by atoms with van der Waals surface area (Å²) < 4.78 is 15.5. The number of benzene rings is 2. The van der Waals surface area contributed by atoms with Gasteiger partial charge in [0.15, 0.2) is 0 Å². The fourth-order valence-corrected chi connectivity index (χ4v) is 3.70. The summed E-state index contributed by atoms with van der Waals surface area (Å²) in [4.78, 5) is 0. The Balaban J connectivity index is 1.93. The number of hydrogen-bond donors (Lipinski definition) is 1. The number of aryl methyl sites for hydroxylation is 2. The lowest BCUT2D eigenvalue weighted by atomic mass is 10.0. The van der Waals surface area contributed by atoms with Crippen LogP contribution in [0.4, 0.5) is 10.2 Å². The van der Waals surface area contributed by atoms with Crippen LogP contribution in [0.25, 0.3) is 16.9 Å². The van der Waals surface area contributed by atoms with Crippen LogP contribution in [0.15, 0.2) is 36.4 Å². The van der Waals surface area contributed by atoms with Crippen LogP contribution in [0.1, 0.15) is 29.5 Å². The molecule has 3 nitrogen and oxygen atoms in total. The van der Waals surface area contributed by atoms with E-state index >= 15 is 0 Å². The Bertz CT molecular complexity index is 978. The summed E-state index contributed by atoms with van der Waals surface area (Å²) in [7, 11) is 0. The number of nitrogens with zero attached hydrogens (tertiary/aromatic N) is 2. The minimum Gasteiger partial charge on any atom is -0.370 e. The van der Waals surface area contributed by atoms with E-state index < -0.39 is 0 Å². The van der Waals surface area contributed by atoms with Crippen molar-refractivity contribution in [2.45, 2.75) is 33.1 Å². The molecule has 1 N–H and O–H groups in total. The molecule has 26 heavy (non-hydrogen) atoms. The Kier molecular flexibility index (Phi) is 4.45. The highest BCUT2D eigenvalue weighted by atomic mass is 35.5. The van der Waals surface area contributed by atoms with Gasteiger partial charge in [-0.15, -0.1) is 0 Å². The molecule has 2 heterocycles. The number of halogens is 2. The van der Waals surface area contributed by atoms with Gasteiger partial charge in [-0.2, -0.15) is 5.10 Å². The van der Waals surface area contributed by atoms with Gasteiger partial charge in [0.05, 0.1) is 16.4 Å². The Morgan fingerprint density at radius 1 is 1.08 bits per heavy atom. The lowest BCUT2D eigenvalue weighted by molar-refractivity contribution is 0.628. The largest absolute Gasteiger partial charge is 0.370 e. The molecule has 5 heteroatoms. The van der Waals surface area contributed by atoms with Crippen molar-refractivity contribution in [3.63, 3.8) is 0 Å². The van der Waals surface area contributed by atoms with Gasteiger partial charge < -0.3 is 5.32 Å². The van der Waals surface area contributed by atoms with Crippen LogP contribution in [0, 0.1) is 19.7 Å². The van der Waals surface area contributed by atoms with Gasteiger partial charge in [-0.25, -0.2) is 9.07 Å². The molecule has 0 saturated heterocycles. The number of hydrogen-bond acceptors (Lipinski definition) is 2. The lowest BCUT2D eigenvalue weighted by Gasteiger charge is -2.10. The quantitative estimate of drug-likeness (QED) is 0.628. The lowest BCUT2D eigenvalue weighted by Crippen LogP contribution is -2.07. The minimum atomic E-state index is -0.337. The molecule has 0 spiro atoms.